The van der Waals surface area contributed by atoms with Gasteiger partial charge in [-0.1, -0.05) is 24.3 Å². The number of carbonyl (C=O) groups is 2. The van der Waals surface area contributed by atoms with Crippen molar-refractivity contribution < 1.29 is 18.7 Å². The smallest absolute Gasteiger partial charge is 0.326 e. The van der Waals surface area contributed by atoms with Crippen molar-refractivity contribution in [1.29, 1.82) is 0 Å². The summed E-state index contributed by atoms with van der Waals surface area (Å²) >= 11 is 0. The zero-order valence-electron chi connectivity index (χ0n) is 13.8. The Balaban J connectivity index is 2.23. The van der Waals surface area contributed by atoms with Crippen LogP contribution in [0.3, 0.4) is 0 Å². The van der Waals surface area contributed by atoms with Crippen LogP contribution in [0.5, 0.6) is 0 Å². The van der Waals surface area contributed by atoms with E-state index < -0.39 is 11.8 Å². The summed E-state index contributed by atoms with van der Waals surface area (Å²) < 4.78 is 18.1. The fourth-order valence-corrected chi connectivity index (χ4v) is 2.35. The molecule has 1 amide bonds. The molecule has 0 atom stereocenters. The van der Waals surface area contributed by atoms with Crippen molar-refractivity contribution in [1.82, 2.24) is 0 Å². The van der Waals surface area contributed by atoms with E-state index in [4.69, 9.17) is 4.74 Å². The Bertz CT molecular complexity index is 713. The predicted molar refractivity (Wildman–Crippen MR) is 90.3 cm³/mol. The molecule has 0 aromatic heterocycles. The maximum Gasteiger partial charge on any atom is 0.326 e. The molecule has 0 N–H and O–H groups in total. The van der Waals surface area contributed by atoms with Gasteiger partial charge in [0.05, 0.1) is 13.0 Å². The Morgan fingerprint density at radius 3 is 2.38 bits per heavy atom. The average Bonchev–Trinajstić information content (AvgIpc) is 2.56. The van der Waals surface area contributed by atoms with Crippen LogP contribution in [-0.4, -0.2) is 25.0 Å². The molecule has 0 aliphatic carbocycles. The molecule has 0 bridgehead atoms. The molecule has 0 radical (unpaired) electrons. The number of aryl methyl sites for hydroxylation is 1. The van der Waals surface area contributed by atoms with Gasteiger partial charge in [0.1, 0.15) is 12.4 Å². The van der Waals surface area contributed by atoms with Gasteiger partial charge in [0.2, 0.25) is 5.91 Å². The number of ether oxygens (including phenoxy) is 1. The third-order valence-corrected chi connectivity index (χ3v) is 3.63. The summed E-state index contributed by atoms with van der Waals surface area (Å²) in [6.45, 7) is 3.66. The average molecular weight is 329 g/mol. The quantitative estimate of drug-likeness (QED) is 0.764. The van der Waals surface area contributed by atoms with Crippen molar-refractivity contribution >= 4 is 17.6 Å². The second kappa shape index (κ2) is 8.24. The number of rotatable bonds is 6. The van der Waals surface area contributed by atoms with Crippen LogP contribution >= 0.6 is 0 Å². The van der Waals surface area contributed by atoms with E-state index in [9.17, 15) is 14.0 Å². The van der Waals surface area contributed by atoms with Crippen LogP contribution in [-0.2, 0) is 20.7 Å². The molecule has 4 nitrogen and oxygen atoms in total. The van der Waals surface area contributed by atoms with E-state index in [2.05, 4.69) is 0 Å². The second-order valence-corrected chi connectivity index (χ2v) is 5.36. The van der Waals surface area contributed by atoms with Crippen molar-refractivity contribution in [3.05, 3.63) is 65.5 Å². The van der Waals surface area contributed by atoms with Crippen LogP contribution in [0.4, 0.5) is 10.1 Å². The van der Waals surface area contributed by atoms with Crippen molar-refractivity contribution in [3.8, 4) is 0 Å². The van der Waals surface area contributed by atoms with E-state index >= 15 is 0 Å². The van der Waals surface area contributed by atoms with Crippen LogP contribution in [0.15, 0.2) is 48.5 Å². The summed E-state index contributed by atoms with van der Waals surface area (Å²) in [5.74, 6) is -1.15. The third-order valence-electron chi connectivity index (χ3n) is 3.63. The molecule has 0 unspecified atom stereocenters. The first kappa shape index (κ1) is 17.7. The maximum absolute atomic E-state index is 13.1. The summed E-state index contributed by atoms with van der Waals surface area (Å²) in [6, 6.07) is 13.0. The van der Waals surface area contributed by atoms with E-state index in [1.165, 1.54) is 29.2 Å². The Hall–Kier alpha value is -2.69. The van der Waals surface area contributed by atoms with Gasteiger partial charge >= 0.3 is 5.97 Å². The van der Waals surface area contributed by atoms with E-state index in [-0.39, 0.29) is 25.5 Å². The standard InChI is InChI=1S/C19H20FNO3/c1-3-24-19(23)13-21(17-10-8-16(20)9-11-17)18(22)12-15-7-5-4-6-14(15)2/h4-11H,3,12-13H2,1-2H3. The third kappa shape index (κ3) is 4.65. The van der Waals surface area contributed by atoms with Gasteiger partial charge in [-0.05, 0) is 49.2 Å². The van der Waals surface area contributed by atoms with Crippen molar-refractivity contribution in [2.45, 2.75) is 20.3 Å². The summed E-state index contributed by atoms with van der Waals surface area (Å²) in [7, 11) is 0. The monoisotopic (exact) mass is 329 g/mol. The highest BCUT2D eigenvalue weighted by atomic mass is 19.1. The molecule has 0 heterocycles. The highest BCUT2D eigenvalue weighted by molar-refractivity contribution is 5.98. The molecule has 0 saturated heterocycles. The molecular weight excluding hydrogens is 309 g/mol. The zero-order valence-corrected chi connectivity index (χ0v) is 13.8. The minimum Gasteiger partial charge on any atom is -0.465 e. The van der Waals surface area contributed by atoms with Crippen LogP contribution in [0.2, 0.25) is 0 Å². The molecule has 5 heteroatoms. The Morgan fingerprint density at radius 1 is 1.08 bits per heavy atom. The normalized spacial score (nSPS) is 10.3. The summed E-state index contributed by atoms with van der Waals surface area (Å²) in [6.07, 6.45) is 0.156. The van der Waals surface area contributed by atoms with Crippen molar-refractivity contribution in [3.63, 3.8) is 0 Å². The largest absolute Gasteiger partial charge is 0.465 e. The van der Waals surface area contributed by atoms with Gasteiger partial charge in [-0.15, -0.1) is 0 Å². The van der Waals surface area contributed by atoms with Gasteiger partial charge in [0, 0.05) is 5.69 Å². The Labute approximate surface area is 140 Å². The van der Waals surface area contributed by atoms with Gasteiger partial charge in [-0.2, -0.15) is 0 Å². The highest BCUT2D eigenvalue weighted by Gasteiger charge is 2.20. The van der Waals surface area contributed by atoms with Gasteiger partial charge in [-0.25, -0.2) is 4.39 Å². The summed E-state index contributed by atoms with van der Waals surface area (Å²) in [5.41, 5.74) is 2.35. The lowest BCUT2D eigenvalue weighted by Gasteiger charge is -2.22. The first-order valence-corrected chi connectivity index (χ1v) is 7.77. The number of nitrogens with zero attached hydrogens (tertiary/aromatic N) is 1. The molecule has 0 aliphatic rings. The molecule has 0 spiro atoms. The number of halogens is 1. The lowest BCUT2D eigenvalue weighted by molar-refractivity contribution is -0.142. The minimum atomic E-state index is -0.500. The summed E-state index contributed by atoms with van der Waals surface area (Å²) in [4.78, 5) is 25.9. The lowest BCUT2D eigenvalue weighted by Crippen LogP contribution is -2.37. The Kier molecular flexibility index (Phi) is 6.07. The van der Waals surface area contributed by atoms with E-state index in [1.54, 1.807) is 6.92 Å². The molecule has 0 aliphatic heterocycles. The first-order valence-electron chi connectivity index (χ1n) is 7.77. The van der Waals surface area contributed by atoms with Gasteiger partial charge in [0.25, 0.3) is 0 Å². The number of anilines is 1. The van der Waals surface area contributed by atoms with E-state index in [0.29, 0.717) is 5.69 Å². The number of esters is 1. The zero-order chi connectivity index (χ0) is 17.5. The molecule has 2 aromatic carbocycles. The van der Waals surface area contributed by atoms with Crippen LogP contribution in [0.25, 0.3) is 0 Å². The van der Waals surface area contributed by atoms with Gasteiger partial charge < -0.3 is 9.64 Å². The molecule has 126 valence electrons. The molecular formula is C19H20FNO3. The van der Waals surface area contributed by atoms with Gasteiger partial charge in [0.15, 0.2) is 0 Å². The van der Waals surface area contributed by atoms with Crippen LogP contribution < -0.4 is 4.90 Å². The molecule has 0 saturated carbocycles. The minimum absolute atomic E-state index is 0.156. The molecule has 24 heavy (non-hydrogen) atoms. The number of hydrogen-bond donors (Lipinski definition) is 0. The summed E-state index contributed by atoms with van der Waals surface area (Å²) in [5, 5.41) is 0. The van der Waals surface area contributed by atoms with Gasteiger partial charge in [-0.3, -0.25) is 9.59 Å². The van der Waals surface area contributed by atoms with Crippen molar-refractivity contribution in [2.24, 2.45) is 0 Å². The van der Waals surface area contributed by atoms with Crippen molar-refractivity contribution in [2.75, 3.05) is 18.1 Å². The second-order valence-electron chi connectivity index (χ2n) is 5.36. The fraction of sp³-hybridized carbons (Fsp3) is 0.263. The van der Waals surface area contributed by atoms with E-state index in [1.807, 2.05) is 31.2 Å². The fourth-order valence-electron chi connectivity index (χ4n) is 2.35. The van der Waals surface area contributed by atoms with Crippen LogP contribution in [0, 0.1) is 12.7 Å². The Morgan fingerprint density at radius 2 is 1.75 bits per heavy atom. The predicted octanol–water partition coefficient (Wildman–Crippen LogP) is 3.27. The number of amides is 1. The van der Waals surface area contributed by atoms with E-state index in [0.717, 1.165) is 11.1 Å². The number of carbonyl (C=O) groups excluding carboxylic acids is 2. The molecule has 0 fully saturated rings. The first-order chi connectivity index (χ1) is 11.5. The van der Waals surface area contributed by atoms with Crippen LogP contribution in [0.1, 0.15) is 18.1 Å². The number of hydrogen-bond acceptors (Lipinski definition) is 3. The SMILES string of the molecule is CCOC(=O)CN(C(=O)Cc1ccccc1C)c1ccc(F)cc1. The highest BCUT2D eigenvalue weighted by Crippen LogP contribution is 2.18. The molecule has 2 aromatic rings. The lowest BCUT2D eigenvalue weighted by atomic mass is 10.1. The molecule has 2 rings (SSSR count). The maximum atomic E-state index is 13.1. The number of benzene rings is 2. The topological polar surface area (TPSA) is 46.6 Å².